The second-order valence-corrected chi connectivity index (χ2v) is 6.26. The molecule has 0 radical (unpaired) electrons. The molecule has 0 saturated heterocycles. The Bertz CT molecular complexity index is 429. The topological polar surface area (TPSA) is 28.2 Å². The molecule has 2 rings (SSSR count). The first-order valence-corrected chi connectivity index (χ1v) is 7.48. The lowest BCUT2D eigenvalue weighted by Gasteiger charge is -2.29. The van der Waals surface area contributed by atoms with E-state index in [-0.39, 0.29) is 0 Å². The SMILES string of the molecule is CC(C)C(C)N(C)c1ccc(Cl)c(CNC2CC2)n1. The Morgan fingerprint density at radius 2 is 2.05 bits per heavy atom. The van der Waals surface area contributed by atoms with Crippen molar-refractivity contribution in [1.29, 1.82) is 0 Å². The summed E-state index contributed by atoms with van der Waals surface area (Å²) in [5.74, 6) is 1.59. The first kappa shape index (κ1) is 14.6. The first-order chi connectivity index (χ1) is 8.99. The largest absolute Gasteiger partial charge is 0.357 e. The second kappa shape index (κ2) is 6.10. The van der Waals surface area contributed by atoms with Crippen LogP contribution in [-0.4, -0.2) is 24.1 Å². The van der Waals surface area contributed by atoms with E-state index in [1.807, 2.05) is 12.1 Å². The molecule has 0 aliphatic heterocycles. The van der Waals surface area contributed by atoms with Crippen LogP contribution in [0.25, 0.3) is 0 Å². The van der Waals surface area contributed by atoms with Crippen LogP contribution in [0.1, 0.15) is 39.3 Å². The zero-order valence-electron chi connectivity index (χ0n) is 12.3. The molecule has 1 aromatic heterocycles. The van der Waals surface area contributed by atoms with Gasteiger partial charge in [0.1, 0.15) is 5.82 Å². The van der Waals surface area contributed by atoms with Crippen molar-refractivity contribution in [2.45, 2.75) is 52.2 Å². The van der Waals surface area contributed by atoms with Gasteiger partial charge in [0.05, 0.1) is 10.7 Å². The molecule has 0 amide bonds. The maximum absolute atomic E-state index is 6.23. The minimum absolute atomic E-state index is 0.456. The molecule has 1 aliphatic carbocycles. The summed E-state index contributed by atoms with van der Waals surface area (Å²) >= 11 is 6.23. The number of hydrogen-bond donors (Lipinski definition) is 1. The molecule has 1 atom stereocenters. The number of nitrogens with one attached hydrogen (secondary N) is 1. The average molecular weight is 282 g/mol. The number of nitrogens with zero attached hydrogens (tertiary/aromatic N) is 2. The fourth-order valence-electron chi connectivity index (χ4n) is 1.98. The van der Waals surface area contributed by atoms with Gasteiger partial charge in [-0.2, -0.15) is 0 Å². The molecule has 106 valence electrons. The highest BCUT2D eigenvalue weighted by Gasteiger charge is 2.21. The standard InChI is InChI=1S/C15H24ClN3/c1-10(2)11(3)19(4)15-8-7-13(16)14(18-15)9-17-12-5-6-12/h7-8,10-12,17H,5-6,9H2,1-4H3. The summed E-state index contributed by atoms with van der Waals surface area (Å²) in [4.78, 5) is 6.93. The molecular formula is C15H24ClN3. The summed E-state index contributed by atoms with van der Waals surface area (Å²) in [5.41, 5.74) is 0.953. The third-order valence-electron chi connectivity index (χ3n) is 3.98. The molecule has 0 bridgehead atoms. The van der Waals surface area contributed by atoms with Gasteiger partial charge in [0.15, 0.2) is 0 Å². The van der Waals surface area contributed by atoms with Crippen molar-refractivity contribution < 1.29 is 0 Å². The summed E-state index contributed by atoms with van der Waals surface area (Å²) in [5, 5.41) is 4.22. The van der Waals surface area contributed by atoms with E-state index >= 15 is 0 Å². The van der Waals surface area contributed by atoms with Crippen LogP contribution in [0.3, 0.4) is 0 Å². The van der Waals surface area contributed by atoms with Gasteiger partial charge in [-0.15, -0.1) is 0 Å². The van der Waals surface area contributed by atoms with Gasteiger partial charge >= 0.3 is 0 Å². The van der Waals surface area contributed by atoms with Crippen LogP contribution in [-0.2, 0) is 6.54 Å². The van der Waals surface area contributed by atoms with Crippen LogP contribution >= 0.6 is 11.6 Å². The molecule has 0 aromatic carbocycles. The normalized spacial score (nSPS) is 16.7. The molecule has 3 nitrogen and oxygen atoms in total. The molecule has 1 fully saturated rings. The van der Waals surface area contributed by atoms with Crippen molar-refractivity contribution in [1.82, 2.24) is 10.3 Å². The third kappa shape index (κ3) is 3.83. The quantitative estimate of drug-likeness (QED) is 0.865. The molecular weight excluding hydrogens is 258 g/mol. The van der Waals surface area contributed by atoms with Crippen LogP contribution in [0.2, 0.25) is 5.02 Å². The van der Waals surface area contributed by atoms with Crippen molar-refractivity contribution in [3.63, 3.8) is 0 Å². The van der Waals surface area contributed by atoms with Crippen LogP contribution in [0.4, 0.5) is 5.82 Å². The molecule has 1 aromatic rings. The fraction of sp³-hybridized carbons (Fsp3) is 0.667. The molecule has 1 aliphatic rings. The number of halogens is 1. The molecule has 1 heterocycles. The van der Waals surface area contributed by atoms with E-state index in [2.05, 4.69) is 38.0 Å². The summed E-state index contributed by atoms with van der Waals surface area (Å²) in [7, 11) is 2.10. The van der Waals surface area contributed by atoms with Crippen LogP contribution in [0.15, 0.2) is 12.1 Å². The Morgan fingerprint density at radius 1 is 1.37 bits per heavy atom. The predicted molar refractivity (Wildman–Crippen MR) is 81.8 cm³/mol. The minimum Gasteiger partial charge on any atom is -0.357 e. The van der Waals surface area contributed by atoms with Gasteiger partial charge in [0.2, 0.25) is 0 Å². The summed E-state index contributed by atoms with van der Waals surface area (Å²) in [6, 6.07) is 5.09. The Balaban J connectivity index is 2.09. The Labute approximate surface area is 121 Å². The Hall–Kier alpha value is -0.800. The average Bonchev–Trinajstić information content (AvgIpc) is 3.20. The van der Waals surface area contributed by atoms with Gasteiger partial charge in [-0.1, -0.05) is 25.4 Å². The van der Waals surface area contributed by atoms with Crippen molar-refractivity contribution >= 4 is 17.4 Å². The van der Waals surface area contributed by atoms with E-state index in [4.69, 9.17) is 16.6 Å². The molecule has 1 N–H and O–H groups in total. The smallest absolute Gasteiger partial charge is 0.128 e. The molecule has 1 saturated carbocycles. The molecule has 4 heteroatoms. The van der Waals surface area contributed by atoms with Crippen LogP contribution < -0.4 is 10.2 Å². The highest BCUT2D eigenvalue weighted by Crippen LogP contribution is 2.24. The van der Waals surface area contributed by atoms with Crippen molar-refractivity contribution in [2.24, 2.45) is 5.92 Å². The zero-order valence-corrected chi connectivity index (χ0v) is 13.0. The fourth-order valence-corrected chi connectivity index (χ4v) is 2.15. The van der Waals surface area contributed by atoms with Crippen LogP contribution in [0, 0.1) is 5.92 Å². The van der Waals surface area contributed by atoms with E-state index in [1.54, 1.807) is 0 Å². The maximum atomic E-state index is 6.23. The highest BCUT2D eigenvalue weighted by atomic mass is 35.5. The highest BCUT2D eigenvalue weighted by molar-refractivity contribution is 6.31. The van der Waals surface area contributed by atoms with Gasteiger partial charge in [-0.25, -0.2) is 4.98 Å². The van der Waals surface area contributed by atoms with Crippen molar-refractivity contribution in [3.05, 3.63) is 22.8 Å². The maximum Gasteiger partial charge on any atom is 0.128 e. The van der Waals surface area contributed by atoms with E-state index in [1.165, 1.54) is 12.8 Å². The van der Waals surface area contributed by atoms with Crippen LogP contribution in [0.5, 0.6) is 0 Å². The number of anilines is 1. The molecule has 1 unspecified atom stereocenters. The summed E-state index contributed by atoms with van der Waals surface area (Å²) in [6.07, 6.45) is 2.56. The molecule has 0 spiro atoms. The van der Waals surface area contributed by atoms with Crippen molar-refractivity contribution in [2.75, 3.05) is 11.9 Å². The second-order valence-electron chi connectivity index (χ2n) is 5.85. The first-order valence-electron chi connectivity index (χ1n) is 7.10. The number of aromatic nitrogens is 1. The number of hydrogen-bond acceptors (Lipinski definition) is 3. The van der Waals surface area contributed by atoms with E-state index in [9.17, 15) is 0 Å². The third-order valence-corrected chi connectivity index (χ3v) is 4.32. The zero-order chi connectivity index (χ0) is 14.0. The Morgan fingerprint density at radius 3 is 2.63 bits per heavy atom. The predicted octanol–water partition coefficient (Wildman–Crippen LogP) is 3.47. The van der Waals surface area contributed by atoms with Gasteiger partial charge in [-0.05, 0) is 37.8 Å². The van der Waals surface area contributed by atoms with Gasteiger partial charge in [0, 0.05) is 25.7 Å². The summed E-state index contributed by atoms with van der Waals surface area (Å²) in [6.45, 7) is 7.45. The van der Waals surface area contributed by atoms with E-state index in [0.717, 1.165) is 23.1 Å². The van der Waals surface area contributed by atoms with Gasteiger partial charge < -0.3 is 10.2 Å². The summed E-state index contributed by atoms with van der Waals surface area (Å²) < 4.78 is 0. The van der Waals surface area contributed by atoms with E-state index < -0.39 is 0 Å². The van der Waals surface area contributed by atoms with Gasteiger partial charge in [-0.3, -0.25) is 0 Å². The Kier molecular flexibility index (Phi) is 4.69. The minimum atomic E-state index is 0.456. The number of pyridine rings is 1. The van der Waals surface area contributed by atoms with Crippen molar-refractivity contribution in [3.8, 4) is 0 Å². The number of rotatable bonds is 6. The lowest BCUT2D eigenvalue weighted by molar-refractivity contribution is 0.502. The lowest BCUT2D eigenvalue weighted by atomic mass is 10.1. The van der Waals surface area contributed by atoms with Gasteiger partial charge in [0.25, 0.3) is 0 Å². The van der Waals surface area contributed by atoms with E-state index in [0.29, 0.717) is 18.0 Å². The molecule has 19 heavy (non-hydrogen) atoms. The lowest BCUT2D eigenvalue weighted by Crippen LogP contribution is -2.34. The monoisotopic (exact) mass is 281 g/mol.